The van der Waals surface area contributed by atoms with E-state index in [0.717, 1.165) is 27.0 Å². The monoisotopic (exact) mass is 579 g/mol. The van der Waals surface area contributed by atoms with Crippen molar-refractivity contribution in [3.8, 4) is 0 Å². The molecule has 2 aliphatic rings. The number of fused-ring (bicyclic) bond motifs is 2. The highest BCUT2D eigenvalue weighted by Crippen LogP contribution is 2.33. The molecule has 1 aromatic heterocycles. The molecule has 0 aliphatic carbocycles. The van der Waals surface area contributed by atoms with Crippen molar-refractivity contribution in [3.63, 3.8) is 0 Å². The highest BCUT2D eigenvalue weighted by Gasteiger charge is 2.38. The molecule has 0 radical (unpaired) electrons. The Labute approximate surface area is 229 Å². The van der Waals surface area contributed by atoms with Gasteiger partial charge in [0.25, 0.3) is 10.0 Å². The van der Waals surface area contributed by atoms with Gasteiger partial charge < -0.3 is 14.5 Å². The lowest BCUT2D eigenvalue weighted by Crippen LogP contribution is -2.42. The van der Waals surface area contributed by atoms with Gasteiger partial charge in [-0.3, -0.25) is 4.79 Å². The third-order valence-electron chi connectivity index (χ3n) is 6.45. The molecule has 0 unspecified atom stereocenters. The maximum Gasteiger partial charge on any atom is 0.410 e. The summed E-state index contributed by atoms with van der Waals surface area (Å²) in [6.07, 6.45) is 0.229. The molecule has 12 heteroatoms. The predicted molar refractivity (Wildman–Crippen MR) is 145 cm³/mol. The molecule has 0 spiro atoms. The zero-order valence-electron chi connectivity index (χ0n) is 21.1. The lowest BCUT2D eigenvalue weighted by molar-refractivity contribution is -0.118. The second kappa shape index (κ2) is 9.78. The summed E-state index contributed by atoms with van der Waals surface area (Å²) in [5.41, 5.74) is 0.961. The number of hydrogen-bond donors (Lipinski definition) is 1. The lowest BCUT2D eigenvalue weighted by atomic mass is 9.98. The van der Waals surface area contributed by atoms with Gasteiger partial charge in [0.15, 0.2) is 0 Å². The number of anilines is 1. The Bertz CT molecular complexity index is 1550. The third kappa shape index (κ3) is 5.38. The van der Waals surface area contributed by atoms with Crippen molar-refractivity contribution in [2.75, 3.05) is 18.0 Å². The van der Waals surface area contributed by atoms with E-state index in [4.69, 9.17) is 16.3 Å². The van der Waals surface area contributed by atoms with Gasteiger partial charge in [0.05, 0.1) is 5.69 Å². The summed E-state index contributed by atoms with van der Waals surface area (Å²) in [4.78, 5) is 28.4. The number of benzene rings is 2. The van der Waals surface area contributed by atoms with E-state index in [9.17, 15) is 18.0 Å². The third-order valence-corrected chi connectivity index (χ3v) is 9.73. The Morgan fingerprint density at radius 2 is 1.92 bits per heavy atom. The number of hydrogen-bond acceptors (Lipinski definition) is 6. The number of ether oxygens (including phenoxy) is 1. The molecule has 1 fully saturated rings. The maximum atomic E-state index is 15.2. The number of carbonyl (C=O) groups is 2. The van der Waals surface area contributed by atoms with Gasteiger partial charge in [-0.25, -0.2) is 17.6 Å². The summed E-state index contributed by atoms with van der Waals surface area (Å²) < 4.78 is 50.0. The van der Waals surface area contributed by atoms with Crippen molar-refractivity contribution in [1.82, 2.24) is 9.62 Å². The van der Waals surface area contributed by atoms with E-state index >= 15 is 4.39 Å². The van der Waals surface area contributed by atoms with Crippen LogP contribution in [0.3, 0.4) is 0 Å². The summed E-state index contributed by atoms with van der Waals surface area (Å²) in [5, 5.41) is 1.24. The number of halogens is 2. The van der Waals surface area contributed by atoms with E-state index in [1.165, 1.54) is 15.9 Å². The maximum absolute atomic E-state index is 15.2. The number of rotatable bonds is 4. The van der Waals surface area contributed by atoms with Crippen LogP contribution in [0.1, 0.15) is 38.3 Å². The summed E-state index contributed by atoms with van der Waals surface area (Å²) in [6.45, 7) is 6.14. The van der Waals surface area contributed by atoms with E-state index in [1.54, 1.807) is 51.1 Å². The molecule has 0 saturated carbocycles. The van der Waals surface area contributed by atoms with Gasteiger partial charge in [0, 0.05) is 29.4 Å². The molecule has 2 aromatic carbocycles. The smallest absolute Gasteiger partial charge is 0.410 e. The van der Waals surface area contributed by atoms with E-state index in [2.05, 4.69) is 4.72 Å². The standard InChI is InChI=1S/C26H27ClFN3O5S2/c1-26(2,3)36-25(33)30-8-6-15-11-21(19(28)10-17(15)14-30)31-9-7-20(24(31)32)29-38(34,35)23-12-16-4-5-18(27)13-22(16)37-23/h4-5,10-13,20,29H,6-9,14H2,1-3H3/t20-/m0/s1. The molecule has 3 heterocycles. The van der Waals surface area contributed by atoms with Gasteiger partial charge in [0.1, 0.15) is 21.7 Å². The van der Waals surface area contributed by atoms with Gasteiger partial charge in [-0.1, -0.05) is 17.7 Å². The first-order valence-corrected chi connectivity index (χ1v) is 14.8. The SMILES string of the molecule is CC(C)(C)OC(=O)N1CCc2cc(N3CC[C@H](NS(=O)(=O)c4cc5ccc(Cl)cc5s4)C3=O)c(F)cc2C1. The second-order valence-corrected chi connectivity index (χ2v) is 13.9. The Kier molecular flexibility index (Phi) is 6.91. The highest BCUT2D eigenvalue weighted by atomic mass is 35.5. The molecule has 1 N–H and O–H groups in total. The minimum absolute atomic E-state index is 0.0792. The lowest BCUT2D eigenvalue weighted by Gasteiger charge is -2.32. The number of thiophene rings is 1. The molecule has 0 bridgehead atoms. The van der Waals surface area contributed by atoms with Crippen LogP contribution in [-0.2, 0) is 32.5 Å². The molecule has 5 rings (SSSR count). The van der Waals surface area contributed by atoms with Gasteiger partial charge in [-0.15, -0.1) is 11.3 Å². The molecule has 2 amide bonds. The minimum atomic E-state index is -3.97. The van der Waals surface area contributed by atoms with E-state index < -0.39 is 39.5 Å². The fourth-order valence-electron chi connectivity index (χ4n) is 4.64. The molecule has 1 saturated heterocycles. The number of nitrogens with zero attached hydrogens (tertiary/aromatic N) is 2. The Balaban J connectivity index is 1.31. The largest absolute Gasteiger partial charge is 0.444 e. The first-order chi connectivity index (χ1) is 17.8. The van der Waals surface area contributed by atoms with E-state index in [0.29, 0.717) is 23.6 Å². The first kappa shape index (κ1) is 26.9. The number of sulfonamides is 1. The van der Waals surface area contributed by atoms with Crippen LogP contribution in [0.2, 0.25) is 5.02 Å². The zero-order chi connectivity index (χ0) is 27.4. The van der Waals surface area contributed by atoms with Crippen LogP contribution in [0.4, 0.5) is 14.9 Å². The molecular weight excluding hydrogens is 553 g/mol. The van der Waals surface area contributed by atoms with Crippen LogP contribution in [0.25, 0.3) is 10.1 Å². The molecule has 8 nitrogen and oxygen atoms in total. The Hall–Kier alpha value is -2.73. The van der Waals surface area contributed by atoms with Crippen molar-refractivity contribution in [2.45, 2.75) is 56.0 Å². The Morgan fingerprint density at radius 1 is 1.16 bits per heavy atom. The van der Waals surface area contributed by atoms with Crippen LogP contribution < -0.4 is 9.62 Å². The molecular formula is C26H27ClFN3O5S2. The van der Waals surface area contributed by atoms with Crippen molar-refractivity contribution < 1.29 is 27.1 Å². The number of nitrogens with one attached hydrogen (secondary N) is 1. The van der Waals surface area contributed by atoms with Crippen molar-refractivity contribution in [2.24, 2.45) is 0 Å². The molecule has 38 heavy (non-hydrogen) atoms. The fourth-order valence-corrected chi connectivity index (χ4v) is 7.56. The predicted octanol–water partition coefficient (Wildman–Crippen LogP) is 5.07. The molecule has 2 aliphatic heterocycles. The van der Waals surface area contributed by atoms with Crippen LogP contribution in [0.15, 0.2) is 40.6 Å². The van der Waals surface area contributed by atoms with Crippen molar-refractivity contribution in [1.29, 1.82) is 0 Å². The Morgan fingerprint density at radius 3 is 2.66 bits per heavy atom. The van der Waals surface area contributed by atoms with E-state index in [-0.39, 0.29) is 29.4 Å². The van der Waals surface area contributed by atoms with Gasteiger partial charge in [-0.2, -0.15) is 4.72 Å². The zero-order valence-corrected chi connectivity index (χ0v) is 23.5. The normalized spacial score (nSPS) is 18.2. The van der Waals surface area contributed by atoms with Crippen LogP contribution >= 0.6 is 22.9 Å². The topological polar surface area (TPSA) is 96.0 Å². The van der Waals surface area contributed by atoms with Crippen LogP contribution in [0, 0.1) is 5.82 Å². The van der Waals surface area contributed by atoms with Crippen molar-refractivity contribution in [3.05, 3.63) is 58.4 Å². The number of carbonyl (C=O) groups excluding carboxylic acids is 2. The average Bonchev–Trinajstić information content (AvgIpc) is 3.41. The quantitative estimate of drug-likeness (QED) is 0.465. The van der Waals surface area contributed by atoms with Gasteiger partial charge >= 0.3 is 6.09 Å². The first-order valence-electron chi connectivity index (χ1n) is 12.1. The average molecular weight is 580 g/mol. The van der Waals surface area contributed by atoms with E-state index in [1.807, 2.05) is 0 Å². The summed E-state index contributed by atoms with van der Waals surface area (Å²) >= 11 is 7.08. The van der Waals surface area contributed by atoms with Gasteiger partial charge in [-0.05, 0) is 80.5 Å². The molecule has 202 valence electrons. The van der Waals surface area contributed by atoms with Crippen molar-refractivity contribution >= 4 is 60.7 Å². The van der Waals surface area contributed by atoms with Crippen LogP contribution in [0.5, 0.6) is 0 Å². The minimum Gasteiger partial charge on any atom is -0.444 e. The fraction of sp³-hybridized carbons (Fsp3) is 0.385. The highest BCUT2D eigenvalue weighted by molar-refractivity contribution is 7.91. The summed E-state index contributed by atoms with van der Waals surface area (Å²) in [5.74, 6) is -1.11. The van der Waals surface area contributed by atoms with Crippen LogP contribution in [-0.4, -0.2) is 50.1 Å². The summed E-state index contributed by atoms with van der Waals surface area (Å²) in [7, 11) is -3.97. The number of amides is 2. The van der Waals surface area contributed by atoms with Gasteiger partial charge in [0.2, 0.25) is 5.91 Å². The second-order valence-electron chi connectivity index (χ2n) is 10.4. The molecule has 1 atom stereocenters. The summed E-state index contributed by atoms with van der Waals surface area (Å²) in [6, 6.07) is 8.61. The molecule has 3 aromatic rings.